The molecule has 0 radical (unpaired) electrons. The van der Waals surface area contributed by atoms with Crippen LogP contribution in [0.15, 0.2) is 4.99 Å². The lowest BCUT2D eigenvalue weighted by Crippen LogP contribution is -2.35. The van der Waals surface area contributed by atoms with E-state index in [1.165, 1.54) is 0 Å². The third kappa shape index (κ3) is 2.59. The molecule has 1 aliphatic rings. The molecule has 5 heteroatoms. The standard InChI is InChI=1S/C6H10BrN3O/c7-3-1-2-5-8-6(4-11)10-9-5/h4,6,10H,1-3H2,(H,8,9). The van der Waals surface area contributed by atoms with Crippen molar-refractivity contribution in [2.45, 2.75) is 19.0 Å². The molecule has 0 fully saturated rings. The summed E-state index contributed by atoms with van der Waals surface area (Å²) in [7, 11) is 0. The Balaban J connectivity index is 2.30. The number of amidine groups is 1. The molecule has 2 N–H and O–H groups in total. The molecule has 0 saturated carbocycles. The maximum absolute atomic E-state index is 10.2. The van der Waals surface area contributed by atoms with Crippen molar-refractivity contribution in [3.63, 3.8) is 0 Å². The van der Waals surface area contributed by atoms with Crippen LogP contribution in [0.4, 0.5) is 0 Å². The quantitative estimate of drug-likeness (QED) is 0.525. The van der Waals surface area contributed by atoms with Crippen molar-refractivity contribution in [3.8, 4) is 0 Å². The Morgan fingerprint density at radius 3 is 3.09 bits per heavy atom. The zero-order valence-corrected chi connectivity index (χ0v) is 7.60. The molecule has 0 amide bonds. The first kappa shape index (κ1) is 8.67. The van der Waals surface area contributed by atoms with Gasteiger partial charge in [-0.05, 0) is 6.42 Å². The number of hydrazine groups is 1. The van der Waals surface area contributed by atoms with Gasteiger partial charge in [-0.2, -0.15) is 0 Å². The van der Waals surface area contributed by atoms with Gasteiger partial charge in [-0.3, -0.25) is 4.79 Å². The molecule has 0 spiro atoms. The van der Waals surface area contributed by atoms with Gasteiger partial charge < -0.3 is 5.43 Å². The average molecular weight is 220 g/mol. The van der Waals surface area contributed by atoms with Crippen LogP contribution in [0.3, 0.4) is 0 Å². The highest BCUT2D eigenvalue weighted by Crippen LogP contribution is 1.99. The first-order chi connectivity index (χ1) is 5.36. The second-order valence-electron chi connectivity index (χ2n) is 2.22. The lowest BCUT2D eigenvalue weighted by atomic mass is 10.3. The monoisotopic (exact) mass is 219 g/mol. The van der Waals surface area contributed by atoms with Gasteiger partial charge >= 0.3 is 0 Å². The van der Waals surface area contributed by atoms with Gasteiger partial charge in [0.25, 0.3) is 0 Å². The molecule has 1 rings (SSSR count). The van der Waals surface area contributed by atoms with E-state index >= 15 is 0 Å². The molecule has 1 atom stereocenters. The first-order valence-electron chi connectivity index (χ1n) is 3.46. The molecule has 1 aliphatic heterocycles. The minimum atomic E-state index is -0.389. The van der Waals surface area contributed by atoms with Crippen molar-refractivity contribution < 1.29 is 4.79 Å². The SMILES string of the molecule is O=CC1N=C(CCCBr)NN1. The van der Waals surface area contributed by atoms with Gasteiger partial charge in [-0.1, -0.05) is 15.9 Å². The van der Waals surface area contributed by atoms with Crippen molar-refractivity contribution in [1.82, 2.24) is 10.9 Å². The van der Waals surface area contributed by atoms with E-state index in [0.29, 0.717) is 0 Å². The number of rotatable bonds is 4. The Bertz CT molecular complexity index is 171. The fraction of sp³-hybridized carbons (Fsp3) is 0.667. The summed E-state index contributed by atoms with van der Waals surface area (Å²) < 4.78 is 0. The van der Waals surface area contributed by atoms with Crippen LogP contribution in [-0.4, -0.2) is 23.6 Å². The van der Waals surface area contributed by atoms with E-state index in [9.17, 15) is 4.79 Å². The summed E-state index contributed by atoms with van der Waals surface area (Å²) in [6.45, 7) is 0. The van der Waals surface area contributed by atoms with Gasteiger partial charge in [0.05, 0.1) is 0 Å². The summed E-state index contributed by atoms with van der Waals surface area (Å²) >= 11 is 3.32. The molecule has 0 aromatic heterocycles. The molecule has 4 nitrogen and oxygen atoms in total. The van der Waals surface area contributed by atoms with Crippen LogP contribution < -0.4 is 10.9 Å². The van der Waals surface area contributed by atoms with Crippen LogP contribution in [0.25, 0.3) is 0 Å². The summed E-state index contributed by atoms with van der Waals surface area (Å²) in [6, 6.07) is 0. The van der Waals surface area contributed by atoms with E-state index < -0.39 is 0 Å². The van der Waals surface area contributed by atoms with Gasteiger partial charge in [0, 0.05) is 11.8 Å². The number of nitrogens with one attached hydrogen (secondary N) is 2. The maximum Gasteiger partial charge on any atom is 0.174 e. The Hall–Kier alpha value is -0.420. The van der Waals surface area contributed by atoms with Gasteiger partial charge in [0.15, 0.2) is 12.5 Å². The molecule has 0 aliphatic carbocycles. The van der Waals surface area contributed by atoms with Gasteiger partial charge in [-0.15, -0.1) is 0 Å². The summed E-state index contributed by atoms with van der Waals surface area (Å²) in [5.41, 5.74) is 5.57. The zero-order chi connectivity index (χ0) is 8.10. The van der Waals surface area contributed by atoms with Crippen LogP contribution in [0, 0.1) is 0 Å². The summed E-state index contributed by atoms with van der Waals surface area (Å²) in [6.07, 6.45) is 2.29. The molecule has 62 valence electrons. The fourth-order valence-electron chi connectivity index (χ4n) is 0.815. The van der Waals surface area contributed by atoms with E-state index in [-0.39, 0.29) is 6.17 Å². The number of carbonyl (C=O) groups excluding carboxylic acids is 1. The second-order valence-corrected chi connectivity index (χ2v) is 3.01. The van der Waals surface area contributed by atoms with Gasteiger partial charge in [0.1, 0.15) is 5.84 Å². The van der Waals surface area contributed by atoms with Crippen molar-refractivity contribution in [3.05, 3.63) is 0 Å². The number of carbonyl (C=O) groups is 1. The van der Waals surface area contributed by atoms with E-state index in [1.807, 2.05) is 0 Å². The highest BCUT2D eigenvalue weighted by molar-refractivity contribution is 9.09. The van der Waals surface area contributed by atoms with E-state index in [0.717, 1.165) is 30.3 Å². The minimum Gasteiger partial charge on any atom is -0.307 e. The van der Waals surface area contributed by atoms with Crippen LogP contribution >= 0.6 is 15.9 Å². The predicted octanol–water partition coefficient (Wildman–Crippen LogP) is 0.193. The number of aldehydes is 1. The molecular formula is C6H10BrN3O. The topological polar surface area (TPSA) is 53.5 Å². The van der Waals surface area contributed by atoms with Crippen molar-refractivity contribution in [1.29, 1.82) is 0 Å². The van der Waals surface area contributed by atoms with Crippen LogP contribution in [0.5, 0.6) is 0 Å². The van der Waals surface area contributed by atoms with Gasteiger partial charge in [-0.25, -0.2) is 10.4 Å². The van der Waals surface area contributed by atoms with E-state index in [2.05, 4.69) is 31.8 Å². The zero-order valence-electron chi connectivity index (χ0n) is 6.01. The third-order valence-electron chi connectivity index (χ3n) is 1.34. The van der Waals surface area contributed by atoms with Crippen LogP contribution in [0.1, 0.15) is 12.8 Å². The molecule has 1 unspecified atom stereocenters. The highest BCUT2D eigenvalue weighted by Gasteiger charge is 2.13. The number of aliphatic imine (C=N–C) groups is 1. The lowest BCUT2D eigenvalue weighted by molar-refractivity contribution is -0.109. The van der Waals surface area contributed by atoms with Crippen molar-refractivity contribution in [2.24, 2.45) is 4.99 Å². The predicted molar refractivity (Wildman–Crippen MR) is 46.6 cm³/mol. The smallest absolute Gasteiger partial charge is 0.174 e. The minimum absolute atomic E-state index is 0.389. The van der Waals surface area contributed by atoms with Crippen LogP contribution in [0.2, 0.25) is 0 Å². The number of hydrogen-bond donors (Lipinski definition) is 2. The Morgan fingerprint density at radius 2 is 2.55 bits per heavy atom. The summed E-state index contributed by atoms with van der Waals surface area (Å²) in [4.78, 5) is 14.3. The number of alkyl halides is 1. The van der Waals surface area contributed by atoms with E-state index in [1.54, 1.807) is 0 Å². The number of halogens is 1. The van der Waals surface area contributed by atoms with Crippen molar-refractivity contribution in [2.75, 3.05) is 5.33 Å². The molecule has 0 aromatic rings. The second kappa shape index (κ2) is 4.46. The maximum atomic E-state index is 10.2. The molecule has 11 heavy (non-hydrogen) atoms. The lowest BCUT2D eigenvalue weighted by Gasteiger charge is -1.98. The molecule has 0 bridgehead atoms. The average Bonchev–Trinajstić information content (AvgIpc) is 2.48. The molecule has 0 saturated heterocycles. The number of nitrogens with zero attached hydrogens (tertiary/aromatic N) is 1. The molecule has 0 aromatic carbocycles. The molecular weight excluding hydrogens is 210 g/mol. The summed E-state index contributed by atoms with van der Waals surface area (Å²) in [5, 5.41) is 0.958. The molecule has 1 heterocycles. The Morgan fingerprint density at radius 1 is 1.73 bits per heavy atom. The first-order valence-corrected chi connectivity index (χ1v) is 4.58. The number of hydrogen-bond acceptors (Lipinski definition) is 4. The Labute approximate surface area is 73.6 Å². The van der Waals surface area contributed by atoms with Gasteiger partial charge in [0.2, 0.25) is 0 Å². The summed E-state index contributed by atoms with van der Waals surface area (Å²) in [5.74, 6) is 0.863. The van der Waals surface area contributed by atoms with Crippen LogP contribution in [-0.2, 0) is 4.79 Å². The largest absolute Gasteiger partial charge is 0.307 e. The van der Waals surface area contributed by atoms with E-state index in [4.69, 9.17) is 0 Å². The van der Waals surface area contributed by atoms with Crippen molar-refractivity contribution >= 4 is 28.1 Å². The normalized spacial score (nSPS) is 22.6. The fourth-order valence-corrected chi connectivity index (χ4v) is 1.10. The third-order valence-corrected chi connectivity index (χ3v) is 1.90. The highest BCUT2D eigenvalue weighted by atomic mass is 79.9. The Kier molecular flexibility index (Phi) is 3.51.